The van der Waals surface area contributed by atoms with Crippen LogP contribution in [0.4, 0.5) is 0 Å². The minimum atomic E-state index is -0.0620. The normalized spacial score (nSPS) is 13.6. The molecule has 0 saturated heterocycles. The Hall–Kier alpha value is -2.59. The lowest BCUT2D eigenvalue weighted by molar-refractivity contribution is -0.126. The molecule has 27 heavy (non-hydrogen) atoms. The number of rotatable bonds is 7. The van der Waals surface area contributed by atoms with E-state index in [1.54, 1.807) is 29.2 Å². The second kappa shape index (κ2) is 8.87. The van der Waals surface area contributed by atoms with Gasteiger partial charge in [-0.15, -0.1) is 0 Å². The minimum Gasteiger partial charge on any atom is -0.349 e. The van der Waals surface area contributed by atoms with Crippen molar-refractivity contribution in [3.05, 3.63) is 76.3 Å². The van der Waals surface area contributed by atoms with E-state index in [0.29, 0.717) is 29.7 Å². The third-order valence-electron chi connectivity index (χ3n) is 4.46. The molecule has 0 spiro atoms. The molecule has 1 aliphatic carbocycles. The zero-order valence-corrected chi connectivity index (χ0v) is 16.1. The van der Waals surface area contributed by atoms with Gasteiger partial charge in [0, 0.05) is 35.8 Å². The van der Waals surface area contributed by atoms with E-state index in [0.717, 1.165) is 24.0 Å². The fourth-order valence-electron chi connectivity index (χ4n) is 2.72. The summed E-state index contributed by atoms with van der Waals surface area (Å²) in [5.74, 6) is -0.101. The number of amides is 2. The van der Waals surface area contributed by atoms with Crippen molar-refractivity contribution in [3.63, 3.8) is 0 Å². The molecule has 0 atom stereocenters. The molecule has 5 heteroatoms. The van der Waals surface area contributed by atoms with Gasteiger partial charge in [-0.3, -0.25) is 9.59 Å². The van der Waals surface area contributed by atoms with E-state index in [1.807, 2.05) is 43.3 Å². The Morgan fingerprint density at radius 1 is 1.19 bits per heavy atom. The number of carbonyl (C=O) groups excluding carboxylic acids is 2. The van der Waals surface area contributed by atoms with Crippen molar-refractivity contribution in [3.8, 4) is 0 Å². The first-order valence-corrected chi connectivity index (χ1v) is 9.55. The van der Waals surface area contributed by atoms with Crippen LogP contribution in [0.2, 0.25) is 5.02 Å². The first-order chi connectivity index (χ1) is 13.0. The highest BCUT2D eigenvalue weighted by molar-refractivity contribution is 6.30. The third-order valence-corrected chi connectivity index (χ3v) is 4.69. The SMILES string of the molecule is CCN(Cc1cccc(Cl)c1)C(=O)/C=C/c1ccc(C(=O)NC2CC2)cc1. The Labute approximate surface area is 164 Å². The van der Waals surface area contributed by atoms with E-state index in [9.17, 15) is 9.59 Å². The fraction of sp³-hybridized carbons (Fsp3) is 0.273. The maximum Gasteiger partial charge on any atom is 0.251 e. The van der Waals surface area contributed by atoms with Crippen LogP contribution in [0.15, 0.2) is 54.6 Å². The van der Waals surface area contributed by atoms with E-state index in [4.69, 9.17) is 11.6 Å². The number of carbonyl (C=O) groups is 2. The van der Waals surface area contributed by atoms with Crippen LogP contribution in [0.5, 0.6) is 0 Å². The van der Waals surface area contributed by atoms with Gasteiger partial charge in [0.1, 0.15) is 0 Å². The molecule has 2 aromatic carbocycles. The van der Waals surface area contributed by atoms with Crippen molar-refractivity contribution >= 4 is 29.5 Å². The second-order valence-electron chi connectivity index (χ2n) is 6.69. The Morgan fingerprint density at radius 2 is 1.93 bits per heavy atom. The number of benzene rings is 2. The Kier molecular flexibility index (Phi) is 6.30. The lowest BCUT2D eigenvalue weighted by Gasteiger charge is -2.19. The van der Waals surface area contributed by atoms with Gasteiger partial charge in [0.15, 0.2) is 0 Å². The molecule has 0 aromatic heterocycles. The van der Waals surface area contributed by atoms with Gasteiger partial charge in [0.2, 0.25) is 5.91 Å². The molecule has 140 valence electrons. The van der Waals surface area contributed by atoms with Crippen LogP contribution in [0.25, 0.3) is 6.08 Å². The molecule has 1 N–H and O–H groups in total. The number of nitrogens with one attached hydrogen (secondary N) is 1. The van der Waals surface area contributed by atoms with Gasteiger partial charge in [-0.25, -0.2) is 0 Å². The van der Waals surface area contributed by atoms with Gasteiger partial charge < -0.3 is 10.2 Å². The number of halogens is 1. The lowest BCUT2D eigenvalue weighted by Crippen LogP contribution is -2.28. The predicted molar refractivity (Wildman–Crippen MR) is 109 cm³/mol. The fourth-order valence-corrected chi connectivity index (χ4v) is 2.93. The number of nitrogens with zero attached hydrogens (tertiary/aromatic N) is 1. The standard InChI is InChI=1S/C22H23ClN2O2/c1-2-25(15-17-4-3-5-19(23)14-17)21(26)13-8-16-6-9-18(10-7-16)22(27)24-20-11-12-20/h3-10,13-14,20H,2,11-12,15H2,1H3,(H,24,27)/b13-8+. The van der Waals surface area contributed by atoms with Crippen molar-refractivity contribution in [2.45, 2.75) is 32.4 Å². The smallest absolute Gasteiger partial charge is 0.251 e. The Morgan fingerprint density at radius 3 is 2.56 bits per heavy atom. The van der Waals surface area contributed by atoms with Crippen molar-refractivity contribution in [2.75, 3.05) is 6.54 Å². The summed E-state index contributed by atoms with van der Waals surface area (Å²) in [5.41, 5.74) is 2.52. The van der Waals surface area contributed by atoms with Crippen LogP contribution in [-0.4, -0.2) is 29.3 Å². The molecule has 0 aliphatic heterocycles. The van der Waals surface area contributed by atoms with E-state index in [-0.39, 0.29) is 11.8 Å². The largest absolute Gasteiger partial charge is 0.349 e. The molecule has 2 amide bonds. The monoisotopic (exact) mass is 382 g/mol. The summed E-state index contributed by atoms with van der Waals surface area (Å²) in [6.07, 6.45) is 5.47. The number of hydrogen-bond donors (Lipinski definition) is 1. The summed E-state index contributed by atoms with van der Waals surface area (Å²) < 4.78 is 0. The van der Waals surface area contributed by atoms with Gasteiger partial charge >= 0.3 is 0 Å². The van der Waals surface area contributed by atoms with Gasteiger partial charge in [-0.2, -0.15) is 0 Å². The Balaban J connectivity index is 1.59. The highest BCUT2D eigenvalue weighted by atomic mass is 35.5. The van der Waals surface area contributed by atoms with Crippen LogP contribution in [0.3, 0.4) is 0 Å². The summed E-state index contributed by atoms with van der Waals surface area (Å²) in [5, 5.41) is 3.63. The second-order valence-corrected chi connectivity index (χ2v) is 7.12. The van der Waals surface area contributed by atoms with Gasteiger partial charge in [-0.1, -0.05) is 35.9 Å². The quantitative estimate of drug-likeness (QED) is 0.726. The van der Waals surface area contributed by atoms with Crippen LogP contribution < -0.4 is 5.32 Å². The molecule has 0 bridgehead atoms. The summed E-state index contributed by atoms with van der Waals surface area (Å²) in [6.45, 7) is 3.07. The molecule has 1 aliphatic rings. The van der Waals surface area contributed by atoms with E-state index < -0.39 is 0 Å². The zero-order chi connectivity index (χ0) is 19.2. The molecule has 2 aromatic rings. The molecule has 0 unspecified atom stereocenters. The maximum atomic E-state index is 12.5. The predicted octanol–water partition coefficient (Wildman–Crippen LogP) is 4.29. The summed E-state index contributed by atoms with van der Waals surface area (Å²) in [6, 6.07) is 15.1. The highest BCUT2D eigenvalue weighted by Crippen LogP contribution is 2.19. The number of hydrogen-bond acceptors (Lipinski definition) is 2. The topological polar surface area (TPSA) is 49.4 Å². The van der Waals surface area contributed by atoms with E-state index in [2.05, 4.69) is 5.32 Å². The summed E-state index contributed by atoms with van der Waals surface area (Å²) >= 11 is 6.01. The maximum absolute atomic E-state index is 12.5. The van der Waals surface area contributed by atoms with Crippen molar-refractivity contribution < 1.29 is 9.59 Å². The van der Waals surface area contributed by atoms with Crippen LogP contribution in [0.1, 0.15) is 41.3 Å². The molecule has 0 radical (unpaired) electrons. The highest BCUT2D eigenvalue weighted by Gasteiger charge is 2.23. The first-order valence-electron chi connectivity index (χ1n) is 9.17. The molecule has 1 saturated carbocycles. The lowest BCUT2D eigenvalue weighted by atomic mass is 10.1. The molecular weight excluding hydrogens is 360 g/mol. The minimum absolute atomic E-state index is 0.0391. The molecule has 0 heterocycles. The van der Waals surface area contributed by atoms with Crippen molar-refractivity contribution in [1.29, 1.82) is 0 Å². The van der Waals surface area contributed by atoms with Gasteiger partial charge in [-0.05, 0) is 61.2 Å². The van der Waals surface area contributed by atoms with Gasteiger partial charge in [0.25, 0.3) is 5.91 Å². The average Bonchev–Trinajstić information content (AvgIpc) is 3.48. The Bertz CT molecular complexity index is 842. The van der Waals surface area contributed by atoms with E-state index in [1.165, 1.54) is 0 Å². The van der Waals surface area contributed by atoms with Crippen LogP contribution in [0, 0.1) is 0 Å². The molecular formula is C22H23ClN2O2. The van der Waals surface area contributed by atoms with Crippen LogP contribution >= 0.6 is 11.6 Å². The summed E-state index contributed by atoms with van der Waals surface area (Å²) in [7, 11) is 0. The molecule has 4 nitrogen and oxygen atoms in total. The zero-order valence-electron chi connectivity index (χ0n) is 15.3. The van der Waals surface area contributed by atoms with E-state index >= 15 is 0 Å². The van der Waals surface area contributed by atoms with Crippen molar-refractivity contribution in [2.24, 2.45) is 0 Å². The third kappa shape index (κ3) is 5.69. The first kappa shape index (κ1) is 19.2. The molecule has 1 fully saturated rings. The van der Waals surface area contributed by atoms with Gasteiger partial charge in [0.05, 0.1) is 0 Å². The summed E-state index contributed by atoms with van der Waals surface area (Å²) in [4.78, 5) is 26.2. The molecule has 3 rings (SSSR count). The number of likely N-dealkylation sites (N-methyl/N-ethyl adjacent to an activating group) is 1. The van der Waals surface area contributed by atoms with Crippen molar-refractivity contribution in [1.82, 2.24) is 10.2 Å². The average molecular weight is 383 g/mol. The van der Waals surface area contributed by atoms with Crippen LogP contribution in [-0.2, 0) is 11.3 Å².